The van der Waals surface area contributed by atoms with Gasteiger partial charge in [0.15, 0.2) is 11.6 Å². The van der Waals surface area contributed by atoms with E-state index in [2.05, 4.69) is 0 Å². The molecule has 0 radical (unpaired) electrons. The molecule has 0 atom stereocenters. The van der Waals surface area contributed by atoms with E-state index >= 15 is 0 Å². The first-order valence-corrected chi connectivity index (χ1v) is 5.29. The Labute approximate surface area is 103 Å². The fourth-order valence-electron chi connectivity index (χ4n) is 1.76. The van der Waals surface area contributed by atoms with Crippen molar-refractivity contribution in [1.82, 2.24) is 0 Å². The molecule has 0 aliphatic carbocycles. The summed E-state index contributed by atoms with van der Waals surface area (Å²) >= 11 is 0. The lowest BCUT2D eigenvalue weighted by Crippen LogP contribution is -1.98. The van der Waals surface area contributed by atoms with Crippen LogP contribution in [0.25, 0.3) is 11.1 Å². The predicted molar refractivity (Wildman–Crippen MR) is 63.5 cm³/mol. The third-order valence-corrected chi connectivity index (χ3v) is 2.73. The first-order valence-electron chi connectivity index (χ1n) is 5.29. The number of rotatable bonds is 2. The average molecular weight is 248 g/mol. The van der Waals surface area contributed by atoms with Gasteiger partial charge in [-0.15, -0.1) is 0 Å². The molecule has 0 saturated carbocycles. The molecule has 0 heterocycles. The molecule has 1 N–H and O–H groups in total. The lowest BCUT2D eigenvalue weighted by atomic mass is 9.97. The third-order valence-electron chi connectivity index (χ3n) is 2.73. The van der Waals surface area contributed by atoms with Crippen LogP contribution in [0.1, 0.15) is 15.9 Å². The highest BCUT2D eigenvalue weighted by Gasteiger charge is 2.13. The Morgan fingerprint density at radius 2 is 1.83 bits per heavy atom. The first-order chi connectivity index (χ1) is 8.50. The molecule has 18 heavy (non-hydrogen) atoms. The number of aryl methyl sites for hydroxylation is 1. The molecule has 0 saturated heterocycles. The minimum Gasteiger partial charge on any atom is -0.478 e. The summed E-state index contributed by atoms with van der Waals surface area (Å²) in [5, 5.41) is 8.90. The van der Waals surface area contributed by atoms with Crippen LogP contribution in [0.3, 0.4) is 0 Å². The second-order valence-electron chi connectivity index (χ2n) is 3.94. The van der Waals surface area contributed by atoms with Crippen molar-refractivity contribution in [3.05, 3.63) is 59.2 Å². The molecule has 0 fully saturated rings. The summed E-state index contributed by atoms with van der Waals surface area (Å²) in [5.74, 6) is -3.02. The Kier molecular flexibility index (Phi) is 3.10. The number of aromatic carboxylic acids is 1. The number of hydrogen-bond donors (Lipinski definition) is 1. The zero-order chi connectivity index (χ0) is 13.3. The molecule has 0 aliphatic rings. The fourth-order valence-corrected chi connectivity index (χ4v) is 1.76. The maximum atomic E-state index is 13.7. The van der Waals surface area contributed by atoms with Crippen LogP contribution in [0.15, 0.2) is 36.4 Å². The lowest BCUT2D eigenvalue weighted by Gasteiger charge is -2.08. The summed E-state index contributed by atoms with van der Waals surface area (Å²) in [7, 11) is 0. The van der Waals surface area contributed by atoms with Gasteiger partial charge in [0.05, 0.1) is 5.56 Å². The van der Waals surface area contributed by atoms with E-state index in [4.69, 9.17) is 5.11 Å². The summed E-state index contributed by atoms with van der Waals surface area (Å²) in [6.45, 7) is 1.71. The normalized spacial score (nSPS) is 10.4. The van der Waals surface area contributed by atoms with Gasteiger partial charge in [-0.2, -0.15) is 0 Å². The van der Waals surface area contributed by atoms with Crippen molar-refractivity contribution in [2.24, 2.45) is 0 Å². The van der Waals surface area contributed by atoms with Gasteiger partial charge in [-0.05, 0) is 36.2 Å². The summed E-state index contributed by atoms with van der Waals surface area (Å²) < 4.78 is 26.8. The van der Waals surface area contributed by atoms with E-state index in [0.717, 1.165) is 6.07 Å². The number of carboxylic acid groups (broad SMARTS) is 1. The largest absolute Gasteiger partial charge is 0.478 e. The Balaban J connectivity index is 2.66. The minimum absolute atomic E-state index is 0.0410. The van der Waals surface area contributed by atoms with E-state index in [1.165, 1.54) is 24.3 Å². The molecule has 0 unspecified atom stereocenters. The van der Waals surface area contributed by atoms with Crippen LogP contribution in [-0.2, 0) is 0 Å². The number of benzene rings is 2. The van der Waals surface area contributed by atoms with Crippen LogP contribution >= 0.6 is 0 Å². The molecule has 2 aromatic rings. The third kappa shape index (κ3) is 2.09. The van der Waals surface area contributed by atoms with E-state index in [1.54, 1.807) is 13.0 Å². The van der Waals surface area contributed by atoms with Crippen LogP contribution in [0.5, 0.6) is 0 Å². The predicted octanol–water partition coefficient (Wildman–Crippen LogP) is 3.64. The monoisotopic (exact) mass is 248 g/mol. The van der Waals surface area contributed by atoms with Gasteiger partial charge in [-0.25, -0.2) is 13.6 Å². The highest BCUT2D eigenvalue weighted by molar-refractivity contribution is 5.90. The van der Waals surface area contributed by atoms with E-state index in [-0.39, 0.29) is 11.1 Å². The van der Waals surface area contributed by atoms with Crippen LogP contribution in [-0.4, -0.2) is 11.1 Å². The van der Waals surface area contributed by atoms with Gasteiger partial charge in [-0.3, -0.25) is 0 Å². The molecule has 2 rings (SSSR count). The average Bonchev–Trinajstić information content (AvgIpc) is 2.33. The Hall–Kier alpha value is -2.23. The quantitative estimate of drug-likeness (QED) is 0.880. The number of halogens is 2. The fraction of sp³-hybridized carbons (Fsp3) is 0.0714. The van der Waals surface area contributed by atoms with Crippen LogP contribution in [0.4, 0.5) is 8.78 Å². The van der Waals surface area contributed by atoms with Crippen molar-refractivity contribution in [2.45, 2.75) is 6.92 Å². The van der Waals surface area contributed by atoms with Crippen LogP contribution < -0.4 is 0 Å². The minimum atomic E-state index is -1.10. The summed E-state index contributed by atoms with van der Waals surface area (Å²) in [6, 6.07) is 8.18. The molecular weight excluding hydrogens is 238 g/mol. The number of carboxylic acids is 1. The van der Waals surface area contributed by atoms with Crippen LogP contribution in [0.2, 0.25) is 0 Å². The van der Waals surface area contributed by atoms with E-state index < -0.39 is 17.6 Å². The molecule has 2 aromatic carbocycles. The Morgan fingerprint density at radius 3 is 2.50 bits per heavy atom. The van der Waals surface area contributed by atoms with Crippen molar-refractivity contribution in [1.29, 1.82) is 0 Å². The molecular formula is C14H10F2O2. The van der Waals surface area contributed by atoms with Gasteiger partial charge < -0.3 is 5.11 Å². The van der Waals surface area contributed by atoms with Crippen molar-refractivity contribution in [2.75, 3.05) is 0 Å². The van der Waals surface area contributed by atoms with Crippen molar-refractivity contribution in [3.63, 3.8) is 0 Å². The van der Waals surface area contributed by atoms with Crippen LogP contribution in [0, 0.1) is 18.6 Å². The second kappa shape index (κ2) is 4.56. The first kappa shape index (κ1) is 12.2. The highest BCUT2D eigenvalue weighted by Crippen LogP contribution is 2.28. The van der Waals surface area contributed by atoms with Gasteiger partial charge >= 0.3 is 5.97 Å². The van der Waals surface area contributed by atoms with Gasteiger partial charge in [0.25, 0.3) is 0 Å². The summed E-state index contributed by atoms with van der Waals surface area (Å²) in [5.41, 5.74) is 1.17. The summed E-state index contributed by atoms with van der Waals surface area (Å²) in [4.78, 5) is 10.9. The van der Waals surface area contributed by atoms with E-state index in [1.807, 2.05) is 0 Å². The van der Waals surface area contributed by atoms with Crippen molar-refractivity contribution >= 4 is 5.97 Å². The standard InChI is InChI=1S/C14H10F2O2/c1-8-5-6-9(14(17)18)7-11(8)10-3-2-4-12(15)13(10)16/h2-7H,1H3,(H,17,18). The topological polar surface area (TPSA) is 37.3 Å². The molecule has 0 spiro atoms. The maximum Gasteiger partial charge on any atom is 0.335 e. The summed E-state index contributed by atoms with van der Waals surface area (Å²) in [6.07, 6.45) is 0. The second-order valence-corrected chi connectivity index (χ2v) is 3.94. The SMILES string of the molecule is Cc1ccc(C(=O)O)cc1-c1cccc(F)c1F. The van der Waals surface area contributed by atoms with Gasteiger partial charge in [0.1, 0.15) is 0 Å². The Morgan fingerprint density at radius 1 is 1.11 bits per heavy atom. The van der Waals surface area contributed by atoms with Crippen molar-refractivity contribution < 1.29 is 18.7 Å². The highest BCUT2D eigenvalue weighted by atomic mass is 19.2. The molecule has 0 aromatic heterocycles. The lowest BCUT2D eigenvalue weighted by molar-refractivity contribution is 0.0697. The number of hydrogen-bond acceptors (Lipinski definition) is 1. The molecule has 0 aliphatic heterocycles. The zero-order valence-electron chi connectivity index (χ0n) is 9.58. The smallest absolute Gasteiger partial charge is 0.335 e. The van der Waals surface area contributed by atoms with E-state index in [9.17, 15) is 13.6 Å². The maximum absolute atomic E-state index is 13.7. The molecule has 0 amide bonds. The van der Waals surface area contributed by atoms with Gasteiger partial charge in [-0.1, -0.05) is 18.2 Å². The molecule has 0 bridgehead atoms. The van der Waals surface area contributed by atoms with E-state index in [0.29, 0.717) is 11.1 Å². The van der Waals surface area contributed by atoms with Crippen molar-refractivity contribution in [3.8, 4) is 11.1 Å². The molecule has 92 valence electrons. The Bertz CT molecular complexity index is 621. The zero-order valence-corrected chi connectivity index (χ0v) is 9.58. The molecule has 4 heteroatoms. The van der Waals surface area contributed by atoms with Gasteiger partial charge in [0.2, 0.25) is 0 Å². The number of carbonyl (C=O) groups is 1. The molecule has 2 nitrogen and oxygen atoms in total. The van der Waals surface area contributed by atoms with Gasteiger partial charge in [0, 0.05) is 5.56 Å².